The van der Waals surface area contributed by atoms with Crippen LogP contribution < -0.4 is 14.9 Å². The lowest BCUT2D eigenvalue weighted by atomic mass is 10.1. The highest BCUT2D eigenvalue weighted by Gasteiger charge is 2.02. The Morgan fingerprint density at radius 2 is 1.96 bits per heavy atom. The van der Waals surface area contributed by atoms with Gasteiger partial charge in [0.1, 0.15) is 11.5 Å². The largest absolute Gasteiger partial charge is 0.496 e. The minimum Gasteiger partial charge on any atom is -0.496 e. The lowest BCUT2D eigenvalue weighted by Gasteiger charge is -2.05. The van der Waals surface area contributed by atoms with Gasteiger partial charge in [0, 0.05) is 6.42 Å². The Balaban J connectivity index is 1.73. The molecule has 0 saturated carbocycles. The second kappa shape index (κ2) is 10.2. The molecular formula is C21H26N2O3. The summed E-state index contributed by atoms with van der Waals surface area (Å²) in [6.07, 6.45) is 3.67. The van der Waals surface area contributed by atoms with Gasteiger partial charge in [-0.15, -0.1) is 0 Å². The molecule has 0 saturated heterocycles. The molecule has 0 spiro atoms. The van der Waals surface area contributed by atoms with Gasteiger partial charge in [-0.3, -0.25) is 4.79 Å². The van der Waals surface area contributed by atoms with E-state index in [0.717, 1.165) is 35.5 Å². The number of carbonyl (C=O) groups excluding carboxylic acids is 1. The molecule has 0 fully saturated rings. The number of rotatable bonds is 9. The smallest absolute Gasteiger partial charge is 0.240 e. The fraction of sp³-hybridized carbons (Fsp3) is 0.333. The van der Waals surface area contributed by atoms with E-state index in [4.69, 9.17) is 9.47 Å². The van der Waals surface area contributed by atoms with Gasteiger partial charge in [0.25, 0.3) is 0 Å². The Hall–Kier alpha value is -2.82. The summed E-state index contributed by atoms with van der Waals surface area (Å²) < 4.78 is 10.7. The summed E-state index contributed by atoms with van der Waals surface area (Å²) >= 11 is 0. The lowest BCUT2D eigenvalue weighted by molar-refractivity contribution is -0.121. The van der Waals surface area contributed by atoms with Gasteiger partial charge in [-0.1, -0.05) is 24.3 Å². The molecule has 138 valence electrons. The number of benzene rings is 2. The van der Waals surface area contributed by atoms with Crippen LogP contribution in [0.1, 0.15) is 36.5 Å². The average Bonchev–Trinajstić information content (AvgIpc) is 2.65. The third kappa shape index (κ3) is 6.24. The van der Waals surface area contributed by atoms with Gasteiger partial charge in [-0.05, 0) is 61.6 Å². The molecule has 0 atom stereocenters. The van der Waals surface area contributed by atoms with Crippen LogP contribution in [-0.4, -0.2) is 25.8 Å². The van der Waals surface area contributed by atoms with Crippen LogP contribution in [0.25, 0.3) is 0 Å². The highest BCUT2D eigenvalue weighted by atomic mass is 16.5. The fourth-order valence-electron chi connectivity index (χ4n) is 2.52. The molecule has 0 aliphatic heterocycles. The predicted molar refractivity (Wildman–Crippen MR) is 104 cm³/mol. The molecule has 1 amide bonds. The number of nitrogens with zero attached hydrogens (tertiary/aromatic N) is 1. The third-order valence-electron chi connectivity index (χ3n) is 3.94. The van der Waals surface area contributed by atoms with Gasteiger partial charge < -0.3 is 9.47 Å². The van der Waals surface area contributed by atoms with Crippen LogP contribution in [0.3, 0.4) is 0 Å². The van der Waals surface area contributed by atoms with Gasteiger partial charge in [0.15, 0.2) is 0 Å². The number of amides is 1. The predicted octanol–water partition coefficient (Wildman–Crippen LogP) is 3.88. The van der Waals surface area contributed by atoms with Crippen molar-refractivity contribution in [3.8, 4) is 11.5 Å². The Bertz CT molecular complexity index is 739. The van der Waals surface area contributed by atoms with Gasteiger partial charge in [0.05, 0.1) is 19.9 Å². The summed E-state index contributed by atoms with van der Waals surface area (Å²) in [7, 11) is 1.63. The molecule has 1 N–H and O–H groups in total. The zero-order valence-corrected chi connectivity index (χ0v) is 15.6. The van der Waals surface area contributed by atoms with Crippen molar-refractivity contribution in [1.82, 2.24) is 5.43 Å². The van der Waals surface area contributed by atoms with Crippen molar-refractivity contribution in [1.29, 1.82) is 0 Å². The van der Waals surface area contributed by atoms with E-state index in [1.54, 1.807) is 13.3 Å². The van der Waals surface area contributed by atoms with Crippen LogP contribution in [-0.2, 0) is 11.2 Å². The van der Waals surface area contributed by atoms with Crippen molar-refractivity contribution in [2.45, 2.75) is 33.1 Å². The minimum absolute atomic E-state index is 0.0914. The van der Waals surface area contributed by atoms with E-state index in [2.05, 4.69) is 10.5 Å². The highest BCUT2D eigenvalue weighted by Crippen LogP contribution is 2.17. The zero-order chi connectivity index (χ0) is 18.8. The second-order valence-corrected chi connectivity index (χ2v) is 5.95. The van der Waals surface area contributed by atoms with E-state index < -0.39 is 0 Å². The van der Waals surface area contributed by atoms with Crippen LogP contribution in [0, 0.1) is 6.92 Å². The summed E-state index contributed by atoms with van der Waals surface area (Å²) in [5, 5.41) is 4.01. The highest BCUT2D eigenvalue weighted by molar-refractivity contribution is 5.83. The summed E-state index contributed by atoms with van der Waals surface area (Å²) in [5.74, 6) is 1.58. The first kappa shape index (κ1) is 19.5. The van der Waals surface area contributed by atoms with E-state index >= 15 is 0 Å². The molecule has 0 aliphatic rings. The Morgan fingerprint density at radius 3 is 2.65 bits per heavy atom. The van der Waals surface area contributed by atoms with Crippen LogP contribution in [0.4, 0.5) is 0 Å². The maximum Gasteiger partial charge on any atom is 0.240 e. The van der Waals surface area contributed by atoms with E-state index in [0.29, 0.717) is 13.0 Å². The Labute approximate surface area is 155 Å². The van der Waals surface area contributed by atoms with Gasteiger partial charge in [-0.25, -0.2) is 5.43 Å². The fourth-order valence-corrected chi connectivity index (χ4v) is 2.52. The molecular weight excluding hydrogens is 328 g/mol. The molecule has 0 aliphatic carbocycles. The van der Waals surface area contributed by atoms with E-state index in [1.807, 2.05) is 56.3 Å². The average molecular weight is 354 g/mol. The third-order valence-corrected chi connectivity index (χ3v) is 3.94. The summed E-state index contributed by atoms with van der Waals surface area (Å²) in [5.41, 5.74) is 5.69. The van der Waals surface area contributed by atoms with Gasteiger partial charge in [-0.2, -0.15) is 5.10 Å². The zero-order valence-electron chi connectivity index (χ0n) is 15.6. The summed E-state index contributed by atoms with van der Waals surface area (Å²) in [4.78, 5) is 11.9. The topological polar surface area (TPSA) is 59.9 Å². The molecule has 5 nitrogen and oxygen atoms in total. The monoisotopic (exact) mass is 354 g/mol. The molecule has 26 heavy (non-hydrogen) atoms. The van der Waals surface area contributed by atoms with Crippen molar-refractivity contribution in [2.75, 3.05) is 13.7 Å². The minimum atomic E-state index is -0.0914. The number of methoxy groups -OCH3 is 1. The van der Waals surface area contributed by atoms with E-state index in [-0.39, 0.29) is 5.91 Å². The number of carbonyl (C=O) groups is 1. The van der Waals surface area contributed by atoms with Crippen molar-refractivity contribution >= 4 is 12.1 Å². The molecule has 0 aromatic heterocycles. The molecule has 0 radical (unpaired) electrons. The first-order chi connectivity index (χ1) is 12.6. The number of hydrogen-bond acceptors (Lipinski definition) is 4. The van der Waals surface area contributed by atoms with Crippen molar-refractivity contribution in [2.24, 2.45) is 5.10 Å². The van der Waals surface area contributed by atoms with Crippen molar-refractivity contribution < 1.29 is 14.3 Å². The Kier molecular flexibility index (Phi) is 7.68. The number of nitrogens with one attached hydrogen (secondary N) is 1. The molecule has 0 bridgehead atoms. The summed E-state index contributed by atoms with van der Waals surface area (Å²) in [6, 6.07) is 13.8. The Morgan fingerprint density at radius 1 is 1.19 bits per heavy atom. The second-order valence-electron chi connectivity index (χ2n) is 5.95. The number of hydrazone groups is 1. The van der Waals surface area contributed by atoms with E-state index in [1.165, 1.54) is 5.56 Å². The maximum absolute atomic E-state index is 11.9. The molecule has 5 heteroatoms. The normalized spacial score (nSPS) is 10.7. The standard InChI is InChI=1S/C21H26N2O3/c1-4-26-19-12-10-17(11-13-19)6-5-7-21(24)23-22-15-18-9-8-16(2)20(14-18)25-3/h8-15H,4-7H2,1-3H3,(H,23,24)/b22-15+. The molecule has 2 aromatic rings. The molecule has 0 heterocycles. The van der Waals surface area contributed by atoms with Gasteiger partial charge in [0.2, 0.25) is 5.91 Å². The first-order valence-electron chi connectivity index (χ1n) is 8.80. The van der Waals surface area contributed by atoms with Crippen molar-refractivity contribution in [3.63, 3.8) is 0 Å². The van der Waals surface area contributed by atoms with E-state index in [9.17, 15) is 4.79 Å². The van der Waals surface area contributed by atoms with Crippen LogP contribution in [0.2, 0.25) is 0 Å². The lowest BCUT2D eigenvalue weighted by Crippen LogP contribution is -2.17. The number of hydrogen-bond donors (Lipinski definition) is 1. The van der Waals surface area contributed by atoms with Crippen LogP contribution in [0.15, 0.2) is 47.6 Å². The van der Waals surface area contributed by atoms with Gasteiger partial charge >= 0.3 is 0 Å². The quantitative estimate of drug-likeness (QED) is 0.549. The first-order valence-corrected chi connectivity index (χ1v) is 8.80. The summed E-state index contributed by atoms with van der Waals surface area (Å²) in [6.45, 7) is 4.60. The van der Waals surface area contributed by atoms with Crippen molar-refractivity contribution in [3.05, 3.63) is 59.2 Å². The SMILES string of the molecule is CCOc1ccc(CCCC(=O)N/N=C/c2ccc(C)c(OC)c2)cc1. The van der Waals surface area contributed by atoms with Crippen LogP contribution in [0.5, 0.6) is 11.5 Å². The maximum atomic E-state index is 11.9. The van der Waals surface area contributed by atoms with Crippen LogP contribution >= 0.6 is 0 Å². The molecule has 2 aromatic carbocycles. The number of ether oxygens (including phenoxy) is 2. The molecule has 0 unspecified atom stereocenters. The number of aryl methyl sites for hydroxylation is 2. The molecule has 2 rings (SSSR count).